The first kappa shape index (κ1) is 13.6. The quantitative estimate of drug-likeness (QED) is 0.942. The van der Waals surface area contributed by atoms with Crippen LogP contribution in [0.15, 0.2) is 36.9 Å². The third-order valence-corrected chi connectivity index (χ3v) is 4.43. The normalized spacial score (nSPS) is 26.0. The number of aromatic nitrogens is 3. The topological polar surface area (TPSA) is 50.9 Å². The van der Waals surface area contributed by atoms with Gasteiger partial charge < -0.3 is 5.11 Å². The molecule has 1 aliphatic rings. The second kappa shape index (κ2) is 5.94. The van der Waals surface area contributed by atoms with Crippen LogP contribution in [0.3, 0.4) is 0 Å². The summed E-state index contributed by atoms with van der Waals surface area (Å²) in [6, 6.07) is 7.90. The van der Waals surface area contributed by atoms with Crippen molar-refractivity contribution in [2.45, 2.75) is 31.9 Å². The number of aliphatic hydroxyl groups is 1. The molecule has 1 aliphatic carbocycles. The molecular formula is C15H18ClN3O. The van der Waals surface area contributed by atoms with Crippen molar-refractivity contribution >= 4 is 11.6 Å². The van der Waals surface area contributed by atoms with Crippen LogP contribution in [0.1, 0.15) is 18.4 Å². The molecule has 0 bridgehead atoms. The molecule has 3 atom stereocenters. The summed E-state index contributed by atoms with van der Waals surface area (Å²) in [5.41, 5.74) is 1.24. The van der Waals surface area contributed by atoms with E-state index in [-0.39, 0.29) is 12.0 Å². The van der Waals surface area contributed by atoms with Gasteiger partial charge in [-0.2, -0.15) is 5.10 Å². The van der Waals surface area contributed by atoms with Crippen LogP contribution >= 0.6 is 11.6 Å². The summed E-state index contributed by atoms with van der Waals surface area (Å²) in [5.74, 6) is 0.596. The average Bonchev–Trinajstić information content (AvgIpc) is 3.06. The third kappa shape index (κ3) is 3.02. The van der Waals surface area contributed by atoms with Crippen LogP contribution in [-0.2, 0) is 13.0 Å². The summed E-state index contributed by atoms with van der Waals surface area (Å²) in [4.78, 5) is 3.94. The molecule has 0 unspecified atom stereocenters. The van der Waals surface area contributed by atoms with Gasteiger partial charge in [-0.3, -0.25) is 4.68 Å². The van der Waals surface area contributed by atoms with Crippen LogP contribution in [-0.4, -0.2) is 26.0 Å². The lowest BCUT2D eigenvalue weighted by Gasteiger charge is -2.19. The maximum absolute atomic E-state index is 10.5. The number of hydrogen-bond acceptors (Lipinski definition) is 3. The Morgan fingerprint density at radius 2 is 1.95 bits per heavy atom. The maximum atomic E-state index is 10.5. The lowest BCUT2D eigenvalue weighted by molar-refractivity contribution is 0.0818. The van der Waals surface area contributed by atoms with E-state index in [1.165, 1.54) is 11.9 Å². The summed E-state index contributed by atoms with van der Waals surface area (Å²) < 4.78 is 1.80. The van der Waals surface area contributed by atoms with Crippen molar-refractivity contribution in [2.24, 2.45) is 11.8 Å². The van der Waals surface area contributed by atoms with E-state index in [1.807, 2.05) is 24.3 Å². The zero-order chi connectivity index (χ0) is 13.9. The summed E-state index contributed by atoms with van der Waals surface area (Å²) in [7, 11) is 0. The van der Waals surface area contributed by atoms with Gasteiger partial charge in [-0.05, 0) is 42.9 Å². The first-order valence-electron chi connectivity index (χ1n) is 6.97. The fourth-order valence-corrected chi connectivity index (χ4v) is 3.19. The van der Waals surface area contributed by atoms with E-state index in [0.717, 1.165) is 30.8 Å². The second-order valence-electron chi connectivity index (χ2n) is 5.54. The number of hydrogen-bond donors (Lipinski definition) is 1. The highest BCUT2D eigenvalue weighted by Gasteiger charge is 2.34. The monoisotopic (exact) mass is 291 g/mol. The minimum atomic E-state index is -0.269. The van der Waals surface area contributed by atoms with Crippen molar-refractivity contribution in [3.05, 3.63) is 47.5 Å². The molecular weight excluding hydrogens is 274 g/mol. The Morgan fingerprint density at radius 1 is 1.20 bits per heavy atom. The van der Waals surface area contributed by atoms with Crippen molar-refractivity contribution < 1.29 is 5.11 Å². The van der Waals surface area contributed by atoms with Gasteiger partial charge in [-0.1, -0.05) is 23.7 Å². The predicted molar refractivity (Wildman–Crippen MR) is 77.4 cm³/mol. The zero-order valence-corrected chi connectivity index (χ0v) is 11.9. The number of aliphatic hydroxyl groups excluding tert-OH is 1. The van der Waals surface area contributed by atoms with Gasteiger partial charge in [-0.25, -0.2) is 4.98 Å². The molecule has 3 rings (SSSR count). The van der Waals surface area contributed by atoms with Gasteiger partial charge in [0.15, 0.2) is 0 Å². The number of benzene rings is 1. The van der Waals surface area contributed by atoms with Gasteiger partial charge >= 0.3 is 0 Å². The van der Waals surface area contributed by atoms with E-state index in [1.54, 1.807) is 11.0 Å². The van der Waals surface area contributed by atoms with Crippen molar-refractivity contribution in [3.8, 4) is 0 Å². The fourth-order valence-electron chi connectivity index (χ4n) is 3.07. The maximum Gasteiger partial charge on any atom is 0.137 e. The lowest BCUT2D eigenvalue weighted by atomic mass is 9.94. The van der Waals surface area contributed by atoms with Crippen molar-refractivity contribution in [1.82, 2.24) is 14.8 Å². The predicted octanol–water partition coefficient (Wildman–Crippen LogP) is 2.56. The minimum absolute atomic E-state index is 0.269. The van der Waals surface area contributed by atoms with E-state index in [4.69, 9.17) is 11.6 Å². The van der Waals surface area contributed by atoms with Gasteiger partial charge in [-0.15, -0.1) is 0 Å². The summed E-state index contributed by atoms with van der Waals surface area (Å²) >= 11 is 5.89. The molecule has 1 heterocycles. The van der Waals surface area contributed by atoms with Crippen molar-refractivity contribution in [3.63, 3.8) is 0 Å². The van der Waals surface area contributed by atoms with Gasteiger partial charge in [0.05, 0.1) is 6.10 Å². The Labute approximate surface area is 123 Å². The molecule has 106 valence electrons. The molecule has 1 saturated carbocycles. The molecule has 0 amide bonds. The van der Waals surface area contributed by atoms with Crippen molar-refractivity contribution in [1.29, 1.82) is 0 Å². The van der Waals surface area contributed by atoms with Crippen LogP contribution in [0.2, 0.25) is 5.02 Å². The Morgan fingerprint density at radius 3 is 2.65 bits per heavy atom. The molecule has 5 heteroatoms. The average molecular weight is 292 g/mol. The SMILES string of the molecule is O[C@@H]1[C@H](Cc2ccc(Cl)cc2)CC[C@H]1Cn1cncn1. The van der Waals surface area contributed by atoms with Crippen molar-refractivity contribution in [2.75, 3.05) is 0 Å². The zero-order valence-electron chi connectivity index (χ0n) is 11.2. The molecule has 0 radical (unpaired) electrons. The van der Waals surface area contributed by atoms with E-state index >= 15 is 0 Å². The van der Waals surface area contributed by atoms with E-state index in [2.05, 4.69) is 10.1 Å². The Bertz CT molecular complexity index is 541. The highest BCUT2D eigenvalue weighted by molar-refractivity contribution is 6.30. The van der Waals surface area contributed by atoms with E-state index < -0.39 is 0 Å². The van der Waals surface area contributed by atoms with E-state index in [0.29, 0.717) is 5.92 Å². The van der Waals surface area contributed by atoms with Crippen LogP contribution in [0, 0.1) is 11.8 Å². The second-order valence-corrected chi connectivity index (χ2v) is 5.97. The molecule has 2 aromatic rings. The number of nitrogens with zero attached hydrogens (tertiary/aromatic N) is 3. The summed E-state index contributed by atoms with van der Waals surface area (Å²) in [6.07, 6.45) is 5.98. The molecule has 20 heavy (non-hydrogen) atoms. The van der Waals surface area contributed by atoms with Crippen LogP contribution in [0.4, 0.5) is 0 Å². The molecule has 0 spiro atoms. The molecule has 1 aromatic carbocycles. The highest BCUT2D eigenvalue weighted by Crippen LogP contribution is 2.34. The first-order chi connectivity index (χ1) is 9.72. The van der Waals surface area contributed by atoms with Gasteiger partial charge in [0.2, 0.25) is 0 Å². The smallest absolute Gasteiger partial charge is 0.137 e. The van der Waals surface area contributed by atoms with Gasteiger partial charge in [0.1, 0.15) is 12.7 Å². The molecule has 1 aromatic heterocycles. The summed E-state index contributed by atoms with van der Waals surface area (Å²) in [6.45, 7) is 0.748. The van der Waals surface area contributed by atoms with Crippen LogP contribution in [0.25, 0.3) is 0 Å². The molecule has 1 fully saturated rings. The van der Waals surface area contributed by atoms with E-state index in [9.17, 15) is 5.11 Å². The third-order valence-electron chi connectivity index (χ3n) is 4.17. The van der Waals surface area contributed by atoms with Crippen LogP contribution < -0.4 is 0 Å². The fraction of sp³-hybridized carbons (Fsp3) is 0.467. The minimum Gasteiger partial charge on any atom is -0.392 e. The standard InChI is InChI=1S/C15H18ClN3O/c16-14-5-1-11(2-6-14)7-12-3-4-13(15(12)20)8-19-10-17-9-18-19/h1-2,5-6,9-10,12-13,15,20H,3-4,7-8H2/t12-,13-,15+/m0/s1. The summed E-state index contributed by atoms with van der Waals surface area (Å²) in [5, 5.41) is 15.3. The van der Waals surface area contributed by atoms with Gasteiger partial charge in [0.25, 0.3) is 0 Å². The van der Waals surface area contributed by atoms with Gasteiger partial charge in [0, 0.05) is 17.5 Å². The molecule has 0 aliphatic heterocycles. The lowest BCUT2D eigenvalue weighted by Crippen LogP contribution is -2.26. The Balaban J connectivity index is 1.60. The number of halogens is 1. The number of rotatable bonds is 4. The van der Waals surface area contributed by atoms with Crippen LogP contribution in [0.5, 0.6) is 0 Å². The first-order valence-corrected chi connectivity index (χ1v) is 7.35. The Hall–Kier alpha value is -1.39. The molecule has 4 nitrogen and oxygen atoms in total. The highest BCUT2D eigenvalue weighted by atomic mass is 35.5. The Kier molecular flexibility index (Phi) is 4.03. The molecule has 1 N–H and O–H groups in total. The largest absolute Gasteiger partial charge is 0.392 e. The molecule has 0 saturated heterocycles.